The lowest BCUT2D eigenvalue weighted by molar-refractivity contribution is -0.131. The highest BCUT2D eigenvalue weighted by molar-refractivity contribution is 6.39. The predicted octanol–water partition coefficient (Wildman–Crippen LogP) is 3.28. The molecule has 0 aliphatic rings. The van der Waals surface area contributed by atoms with Crippen molar-refractivity contribution in [1.29, 1.82) is 0 Å². The first-order valence-electron chi connectivity index (χ1n) is 5.65. The van der Waals surface area contributed by atoms with E-state index in [1.54, 1.807) is 18.2 Å². The zero-order valence-electron chi connectivity index (χ0n) is 10.3. The molecule has 1 N–H and O–H groups in total. The molecule has 2 rings (SSSR count). The normalized spacial score (nSPS) is 8.84. The van der Waals surface area contributed by atoms with E-state index < -0.39 is 11.8 Å². The summed E-state index contributed by atoms with van der Waals surface area (Å²) < 4.78 is 0. The molecule has 0 bridgehead atoms. The van der Waals surface area contributed by atoms with Gasteiger partial charge in [-0.2, -0.15) is 0 Å². The Morgan fingerprint density at radius 1 is 0.895 bits per heavy atom. The van der Waals surface area contributed by atoms with Gasteiger partial charge in [0.15, 0.2) is 0 Å². The van der Waals surface area contributed by atoms with Crippen LogP contribution in [0, 0.1) is 0 Å². The Labute approximate surface area is 111 Å². The molecule has 19 heavy (non-hydrogen) atoms. The number of carboxylic acid groups (broad SMARTS) is 1. The molecule has 0 spiro atoms. The largest absolute Gasteiger partial charge is 0.475 e. The molecule has 0 saturated heterocycles. The number of hydrogen-bond acceptors (Lipinski definition) is 2. The van der Waals surface area contributed by atoms with Gasteiger partial charge in [-0.25, -0.2) is 4.79 Å². The smallest absolute Gasteiger partial charge is 0.377 e. The molecule has 3 heteroatoms. The Bertz CT molecular complexity index is 545. The summed E-state index contributed by atoms with van der Waals surface area (Å²) >= 11 is 0. The van der Waals surface area contributed by atoms with Crippen molar-refractivity contribution in [3.63, 3.8) is 0 Å². The highest BCUT2D eigenvalue weighted by atomic mass is 16.4. The van der Waals surface area contributed by atoms with E-state index in [1.807, 2.05) is 36.4 Å². The predicted molar refractivity (Wildman–Crippen MR) is 74.9 cm³/mol. The van der Waals surface area contributed by atoms with E-state index in [2.05, 4.69) is 6.58 Å². The van der Waals surface area contributed by atoms with Crippen LogP contribution in [-0.2, 0) is 4.79 Å². The molecule has 2 aromatic carbocycles. The van der Waals surface area contributed by atoms with Gasteiger partial charge in [0.2, 0.25) is 0 Å². The van der Waals surface area contributed by atoms with E-state index in [-0.39, 0.29) is 5.56 Å². The fraction of sp³-hybridized carbons (Fsp3) is 0. The summed E-state index contributed by atoms with van der Waals surface area (Å²) in [5, 5.41) is 8.29. The minimum Gasteiger partial charge on any atom is -0.475 e. The van der Waals surface area contributed by atoms with E-state index in [1.165, 1.54) is 17.7 Å². The molecule has 0 aliphatic carbocycles. The van der Waals surface area contributed by atoms with Gasteiger partial charge in [-0.3, -0.25) is 4.79 Å². The van der Waals surface area contributed by atoms with Crippen LogP contribution in [0.2, 0.25) is 0 Å². The van der Waals surface area contributed by atoms with Crippen LogP contribution in [0.25, 0.3) is 6.08 Å². The third kappa shape index (κ3) is 5.00. The second-order valence-electron chi connectivity index (χ2n) is 3.62. The van der Waals surface area contributed by atoms with Gasteiger partial charge in [0.1, 0.15) is 0 Å². The summed E-state index contributed by atoms with van der Waals surface area (Å²) in [7, 11) is 0. The van der Waals surface area contributed by atoms with Crippen LogP contribution in [0.3, 0.4) is 0 Å². The van der Waals surface area contributed by atoms with Crippen molar-refractivity contribution in [2.75, 3.05) is 0 Å². The number of carbonyl (C=O) groups is 2. The van der Waals surface area contributed by atoms with E-state index >= 15 is 0 Å². The lowest BCUT2D eigenvalue weighted by Crippen LogP contribution is -2.12. The van der Waals surface area contributed by atoms with Crippen molar-refractivity contribution in [3.05, 3.63) is 78.4 Å². The van der Waals surface area contributed by atoms with Gasteiger partial charge >= 0.3 is 5.97 Å². The minimum atomic E-state index is -1.42. The van der Waals surface area contributed by atoms with Crippen molar-refractivity contribution in [2.24, 2.45) is 0 Å². The second kappa shape index (κ2) is 7.61. The van der Waals surface area contributed by atoms with Crippen LogP contribution in [0.4, 0.5) is 0 Å². The standard InChI is InChI=1S/C8H6O3.C8H8/c9-7(8(10)11)6-4-2-1-3-5-6;1-2-8-6-4-3-5-7-8/h1-5H,(H,10,11);2-7H,1H2. The monoisotopic (exact) mass is 254 g/mol. The maximum Gasteiger partial charge on any atom is 0.377 e. The Morgan fingerprint density at radius 2 is 1.37 bits per heavy atom. The van der Waals surface area contributed by atoms with E-state index in [0.29, 0.717) is 0 Å². The lowest BCUT2D eigenvalue weighted by Gasteiger charge is -1.91. The molecular formula is C16H14O3. The number of carbonyl (C=O) groups excluding carboxylic acids is 1. The summed E-state index contributed by atoms with van der Waals surface area (Å²) in [6, 6.07) is 17.9. The Balaban J connectivity index is 0.000000200. The molecule has 0 amide bonds. The highest BCUT2D eigenvalue weighted by Crippen LogP contribution is 1.99. The van der Waals surface area contributed by atoms with Crippen molar-refractivity contribution in [1.82, 2.24) is 0 Å². The molecule has 0 radical (unpaired) electrons. The molecule has 0 unspecified atom stereocenters. The summed E-state index contributed by atoms with van der Waals surface area (Å²) in [5.41, 5.74) is 1.38. The molecule has 0 fully saturated rings. The van der Waals surface area contributed by atoms with Crippen molar-refractivity contribution >= 4 is 17.8 Å². The number of hydrogen-bond donors (Lipinski definition) is 1. The second-order valence-corrected chi connectivity index (χ2v) is 3.62. The van der Waals surface area contributed by atoms with Gasteiger partial charge < -0.3 is 5.11 Å². The van der Waals surface area contributed by atoms with Crippen LogP contribution >= 0.6 is 0 Å². The van der Waals surface area contributed by atoms with Gasteiger partial charge in [0.25, 0.3) is 5.78 Å². The maximum absolute atomic E-state index is 10.7. The van der Waals surface area contributed by atoms with E-state index in [4.69, 9.17) is 5.11 Å². The quantitative estimate of drug-likeness (QED) is 0.675. The SMILES string of the molecule is C=Cc1ccccc1.O=C(O)C(=O)c1ccccc1. The van der Waals surface area contributed by atoms with Crippen molar-refractivity contribution < 1.29 is 14.7 Å². The molecule has 2 aromatic rings. The number of rotatable bonds is 3. The number of carboxylic acids is 1. The number of Topliss-reactive ketones (excluding diaryl/α,β-unsaturated/α-hetero) is 1. The molecule has 0 atom stereocenters. The Kier molecular flexibility index (Phi) is 5.76. The first-order chi connectivity index (χ1) is 9.15. The van der Waals surface area contributed by atoms with Crippen LogP contribution in [-0.4, -0.2) is 16.9 Å². The topological polar surface area (TPSA) is 54.4 Å². The third-order valence-electron chi connectivity index (χ3n) is 2.27. The minimum absolute atomic E-state index is 0.208. The Hall–Kier alpha value is -2.68. The first kappa shape index (κ1) is 14.4. The third-order valence-corrected chi connectivity index (χ3v) is 2.27. The van der Waals surface area contributed by atoms with Crippen LogP contribution in [0.1, 0.15) is 15.9 Å². The van der Waals surface area contributed by atoms with Gasteiger partial charge in [-0.05, 0) is 5.56 Å². The van der Waals surface area contributed by atoms with Crippen molar-refractivity contribution in [2.45, 2.75) is 0 Å². The summed E-state index contributed by atoms with van der Waals surface area (Å²) in [5.74, 6) is -2.29. The molecule has 0 heterocycles. The first-order valence-corrected chi connectivity index (χ1v) is 5.65. The Morgan fingerprint density at radius 3 is 1.74 bits per heavy atom. The summed E-state index contributed by atoms with van der Waals surface area (Å²) in [6.45, 7) is 3.63. The lowest BCUT2D eigenvalue weighted by atomic mass is 10.1. The van der Waals surface area contributed by atoms with Crippen molar-refractivity contribution in [3.8, 4) is 0 Å². The fourth-order valence-corrected chi connectivity index (χ4v) is 1.30. The average Bonchev–Trinajstić information content (AvgIpc) is 2.48. The summed E-state index contributed by atoms with van der Waals surface area (Å²) in [6.07, 6.45) is 1.83. The fourth-order valence-electron chi connectivity index (χ4n) is 1.30. The van der Waals surface area contributed by atoms with Gasteiger partial charge in [0, 0.05) is 5.56 Å². The molecular weight excluding hydrogens is 240 g/mol. The number of benzene rings is 2. The number of ketones is 1. The molecule has 3 nitrogen and oxygen atoms in total. The zero-order chi connectivity index (χ0) is 14.1. The highest BCUT2D eigenvalue weighted by Gasteiger charge is 2.12. The van der Waals surface area contributed by atoms with Crippen LogP contribution in [0.5, 0.6) is 0 Å². The van der Waals surface area contributed by atoms with Gasteiger partial charge in [-0.15, -0.1) is 0 Å². The molecule has 0 saturated carbocycles. The number of aliphatic carboxylic acids is 1. The molecule has 0 aromatic heterocycles. The van der Waals surface area contributed by atoms with E-state index in [0.717, 1.165) is 0 Å². The van der Waals surface area contributed by atoms with Crippen LogP contribution < -0.4 is 0 Å². The van der Waals surface area contributed by atoms with E-state index in [9.17, 15) is 9.59 Å². The average molecular weight is 254 g/mol. The maximum atomic E-state index is 10.7. The van der Waals surface area contributed by atoms with Gasteiger partial charge in [0.05, 0.1) is 0 Å². The van der Waals surface area contributed by atoms with Gasteiger partial charge in [-0.1, -0.05) is 73.3 Å². The molecule has 96 valence electrons. The zero-order valence-corrected chi connectivity index (χ0v) is 10.3. The molecule has 0 aliphatic heterocycles. The van der Waals surface area contributed by atoms with Crippen LogP contribution in [0.15, 0.2) is 67.2 Å². The summed E-state index contributed by atoms with van der Waals surface area (Å²) in [4.78, 5) is 20.9.